The molecule has 0 aliphatic carbocycles. The van der Waals surface area contributed by atoms with Gasteiger partial charge in [-0.15, -0.1) is 22.7 Å². The topological polar surface area (TPSA) is 35.6 Å². The summed E-state index contributed by atoms with van der Waals surface area (Å²) in [6, 6.07) is 68.4. The van der Waals surface area contributed by atoms with Crippen molar-refractivity contribution in [3.05, 3.63) is 194 Å². The van der Waals surface area contributed by atoms with E-state index in [-0.39, 0.29) is 20.1 Å². The fraction of sp³-hybridized carbons (Fsp3) is 0. The van der Waals surface area contributed by atoms with E-state index >= 15 is 0 Å². The Hall–Kier alpha value is -6.21. The largest absolute Gasteiger partial charge is 3.00 e. The predicted octanol–water partition coefficient (Wildman–Crippen LogP) is 14.1. The van der Waals surface area contributed by atoms with E-state index < -0.39 is 0 Å². The molecule has 0 N–H and O–H groups in total. The molecule has 12 aromatic rings. The average Bonchev–Trinajstić information content (AvgIpc) is 4.05. The second-order valence-electron chi connectivity index (χ2n) is 13.8. The van der Waals surface area contributed by atoms with Gasteiger partial charge in [-0.2, -0.15) is 0 Å². The second-order valence-corrected chi connectivity index (χ2v) is 15.9. The fourth-order valence-electron chi connectivity index (χ4n) is 7.91. The molecule has 0 unspecified atom stereocenters. The van der Waals surface area contributed by atoms with Gasteiger partial charge >= 0.3 is 20.1 Å². The van der Waals surface area contributed by atoms with Gasteiger partial charge in [0.25, 0.3) is 0 Å². The third kappa shape index (κ3) is 6.17. The van der Waals surface area contributed by atoms with Crippen LogP contribution in [-0.4, -0.2) is 19.1 Å². The number of thiazole rings is 2. The molecular weight excluding hydrogens is 913 g/mol. The number of rotatable bonds is 4. The zero-order valence-corrected chi connectivity index (χ0v) is 34.4. The monoisotopic (exact) mass is 945 g/mol. The number of hydrogen-bond acceptors (Lipinski definition) is 4. The predicted molar refractivity (Wildman–Crippen MR) is 239 cm³/mol. The van der Waals surface area contributed by atoms with Gasteiger partial charge in [0, 0.05) is 44.0 Å². The average molecular weight is 945 g/mol. The van der Waals surface area contributed by atoms with E-state index in [0.717, 1.165) is 32.2 Å². The van der Waals surface area contributed by atoms with Crippen LogP contribution >= 0.6 is 22.7 Å². The van der Waals surface area contributed by atoms with Gasteiger partial charge in [0.2, 0.25) is 0 Å². The van der Waals surface area contributed by atoms with Crippen molar-refractivity contribution in [3.8, 4) is 32.5 Å². The maximum atomic E-state index is 4.86. The number of para-hydroxylation sites is 6. The van der Waals surface area contributed by atoms with Crippen molar-refractivity contribution >= 4 is 86.7 Å². The van der Waals surface area contributed by atoms with Crippen molar-refractivity contribution in [1.29, 1.82) is 0 Å². The first-order valence-corrected chi connectivity index (χ1v) is 20.3. The van der Waals surface area contributed by atoms with E-state index in [1.165, 1.54) is 64.4 Å². The molecular formula is C50H32IrN4S2+3. The first kappa shape index (κ1) is 35.2. The molecule has 57 heavy (non-hydrogen) atoms. The van der Waals surface area contributed by atoms with Gasteiger partial charge in [-0.05, 0) is 72.8 Å². The van der Waals surface area contributed by atoms with Crippen LogP contribution < -0.4 is 0 Å². The maximum Gasteiger partial charge on any atom is 3.00 e. The Labute approximate surface area is 350 Å². The van der Waals surface area contributed by atoms with E-state index in [2.05, 4.69) is 191 Å². The molecule has 0 radical (unpaired) electrons. The van der Waals surface area contributed by atoms with Crippen molar-refractivity contribution < 1.29 is 20.1 Å². The van der Waals surface area contributed by atoms with Crippen LogP contribution in [0, 0.1) is 0 Å². The van der Waals surface area contributed by atoms with Crippen LogP contribution in [0.4, 0.5) is 0 Å². The third-order valence-corrected chi connectivity index (χ3v) is 12.6. The number of benzene rings is 8. The van der Waals surface area contributed by atoms with Crippen molar-refractivity contribution in [2.45, 2.75) is 0 Å². The molecule has 4 aromatic heterocycles. The number of aromatic nitrogens is 4. The SMILES string of the molecule is [Ir+3].c1ccc(-n2c3ccccc3c3ccc(-c4nc5ccccc5s4)cc32)cc1.c1ccc(-n2c3ccccc3c3ccc(-c4nc5ccccc5s4)cc32)cc1. The smallest absolute Gasteiger partial charge is 0.309 e. The summed E-state index contributed by atoms with van der Waals surface area (Å²) < 4.78 is 7.14. The summed E-state index contributed by atoms with van der Waals surface area (Å²) in [5.41, 5.74) is 11.7. The summed E-state index contributed by atoms with van der Waals surface area (Å²) in [7, 11) is 0. The van der Waals surface area contributed by atoms with Crippen LogP contribution in [0.1, 0.15) is 0 Å². The summed E-state index contributed by atoms with van der Waals surface area (Å²) >= 11 is 3.49. The van der Waals surface area contributed by atoms with Gasteiger partial charge in [0.1, 0.15) is 10.0 Å². The van der Waals surface area contributed by atoms with E-state index in [0.29, 0.717) is 0 Å². The summed E-state index contributed by atoms with van der Waals surface area (Å²) in [5.74, 6) is 0. The van der Waals surface area contributed by atoms with E-state index in [1.54, 1.807) is 22.7 Å². The van der Waals surface area contributed by atoms with Gasteiger partial charge in [-0.3, -0.25) is 0 Å². The number of nitrogens with zero attached hydrogens (tertiary/aromatic N) is 4. The molecule has 8 aromatic carbocycles. The molecule has 0 amide bonds. The van der Waals surface area contributed by atoms with Gasteiger partial charge in [0.05, 0.1) is 42.5 Å². The molecule has 0 bridgehead atoms. The van der Waals surface area contributed by atoms with Gasteiger partial charge < -0.3 is 9.13 Å². The molecule has 270 valence electrons. The van der Waals surface area contributed by atoms with Crippen LogP contribution in [0.25, 0.3) is 96.6 Å². The quantitative estimate of drug-likeness (QED) is 0.176. The molecule has 4 heterocycles. The van der Waals surface area contributed by atoms with E-state index in [4.69, 9.17) is 9.97 Å². The third-order valence-electron chi connectivity index (χ3n) is 10.5. The Morgan fingerprint density at radius 2 is 0.702 bits per heavy atom. The molecule has 0 saturated heterocycles. The minimum Gasteiger partial charge on any atom is -0.309 e. The molecule has 0 fully saturated rings. The maximum absolute atomic E-state index is 4.86. The summed E-state index contributed by atoms with van der Waals surface area (Å²) in [6.07, 6.45) is 0. The van der Waals surface area contributed by atoms with E-state index in [1.807, 2.05) is 12.1 Å². The van der Waals surface area contributed by atoms with Gasteiger partial charge in [0.15, 0.2) is 0 Å². The Balaban J connectivity index is 0.000000137. The first-order valence-electron chi connectivity index (χ1n) is 18.7. The van der Waals surface area contributed by atoms with Gasteiger partial charge in [-0.25, -0.2) is 9.97 Å². The van der Waals surface area contributed by atoms with Gasteiger partial charge in [-0.1, -0.05) is 121 Å². The molecule has 0 atom stereocenters. The number of hydrogen-bond donors (Lipinski definition) is 0. The standard InChI is InChI=1S/2C25H16N2S.Ir/c2*1-2-8-18(9-3-1)27-22-12-6-4-10-19(22)20-15-14-17(16-23(20)27)25-26-21-11-5-7-13-24(21)28-25;/h2*1-16H;/q;;+3. The molecule has 0 saturated carbocycles. The Kier molecular flexibility index (Phi) is 9.08. The Morgan fingerprint density at radius 3 is 1.14 bits per heavy atom. The summed E-state index contributed by atoms with van der Waals surface area (Å²) in [6.45, 7) is 0. The minimum absolute atomic E-state index is 0. The van der Waals surface area contributed by atoms with Crippen LogP contribution in [-0.2, 0) is 20.1 Å². The molecule has 12 rings (SSSR count). The fourth-order valence-corrected chi connectivity index (χ4v) is 9.83. The number of fused-ring (bicyclic) bond motifs is 8. The molecule has 4 nitrogen and oxygen atoms in total. The molecule has 0 aliphatic rings. The summed E-state index contributed by atoms with van der Waals surface area (Å²) in [4.78, 5) is 9.71. The Bertz CT molecular complexity index is 3080. The summed E-state index contributed by atoms with van der Waals surface area (Å²) in [5, 5.41) is 7.21. The normalized spacial score (nSPS) is 11.4. The zero-order valence-electron chi connectivity index (χ0n) is 30.4. The van der Waals surface area contributed by atoms with E-state index in [9.17, 15) is 0 Å². The first-order chi connectivity index (χ1) is 27.8. The second kappa shape index (κ2) is 14.7. The van der Waals surface area contributed by atoms with Crippen LogP contribution in [0.2, 0.25) is 0 Å². The van der Waals surface area contributed by atoms with Crippen molar-refractivity contribution in [1.82, 2.24) is 19.1 Å². The minimum atomic E-state index is 0. The van der Waals surface area contributed by atoms with Crippen LogP contribution in [0.15, 0.2) is 194 Å². The van der Waals surface area contributed by atoms with Crippen molar-refractivity contribution in [2.75, 3.05) is 0 Å². The Morgan fingerprint density at radius 1 is 0.333 bits per heavy atom. The van der Waals surface area contributed by atoms with Crippen molar-refractivity contribution in [3.63, 3.8) is 0 Å². The van der Waals surface area contributed by atoms with Crippen LogP contribution in [0.5, 0.6) is 0 Å². The molecule has 0 aliphatic heterocycles. The van der Waals surface area contributed by atoms with Crippen molar-refractivity contribution in [2.24, 2.45) is 0 Å². The molecule has 7 heteroatoms. The van der Waals surface area contributed by atoms with Crippen LogP contribution in [0.3, 0.4) is 0 Å². The molecule has 0 spiro atoms. The zero-order chi connectivity index (χ0) is 37.0.